The Kier molecular flexibility index (Phi) is 6.15. The van der Waals surface area contributed by atoms with Crippen LogP contribution in [0.3, 0.4) is 0 Å². The third kappa shape index (κ3) is 5.71. The molecule has 1 N–H and O–H groups in total. The Hall–Kier alpha value is -3.07. The van der Waals surface area contributed by atoms with Crippen molar-refractivity contribution in [2.45, 2.75) is 17.1 Å². The van der Waals surface area contributed by atoms with Crippen LogP contribution in [-0.4, -0.2) is 22.2 Å². The van der Waals surface area contributed by atoms with Crippen molar-refractivity contribution in [3.05, 3.63) is 78.2 Å². The van der Waals surface area contributed by atoms with E-state index in [2.05, 4.69) is 20.0 Å². The summed E-state index contributed by atoms with van der Waals surface area (Å²) < 4.78 is 40.4. The predicted molar refractivity (Wildman–Crippen MR) is 99.1 cm³/mol. The molecule has 0 aliphatic heterocycles. The molecule has 0 aliphatic rings. The minimum Gasteiger partial charge on any atom is -0.406 e. The Labute approximate surface area is 163 Å². The predicted octanol–water partition coefficient (Wildman–Crippen LogP) is 4.92. The molecule has 0 atom stereocenters. The highest BCUT2D eigenvalue weighted by Crippen LogP contribution is 2.26. The van der Waals surface area contributed by atoms with E-state index in [1.54, 1.807) is 24.5 Å². The minimum absolute atomic E-state index is 0.337. The van der Waals surface area contributed by atoms with E-state index in [9.17, 15) is 18.0 Å². The highest BCUT2D eigenvalue weighted by Gasteiger charge is 2.31. The third-order valence-corrected chi connectivity index (χ3v) is 4.48. The first-order chi connectivity index (χ1) is 13.4. The lowest BCUT2D eigenvalue weighted by atomic mass is 10.2. The SMILES string of the molecule is O=C(Nc1ccc(OC(F)(F)F)cc1)c1cccnc1SCc1ccccn1. The molecule has 28 heavy (non-hydrogen) atoms. The van der Waals surface area contributed by atoms with E-state index in [0.717, 1.165) is 17.8 Å². The summed E-state index contributed by atoms with van der Waals surface area (Å²) in [6.45, 7) is 0. The molecular weight excluding hydrogens is 391 g/mol. The maximum Gasteiger partial charge on any atom is 0.573 e. The van der Waals surface area contributed by atoms with Gasteiger partial charge in [-0.2, -0.15) is 0 Å². The van der Waals surface area contributed by atoms with Crippen LogP contribution in [0.5, 0.6) is 5.75 Å². The third-order valence-electron chi connectivity index (χ3n) is 3.44. The van der Waals surface area contributed by atoms with E-state index in [4.69, 9.17) is 0 Å². The fourth-order valence-electron chi connectivity index (χ4n) is 2.24. The van der Waals surface area contributed by atoms with Crippen LogP contribution >= 0.6 is 11.8 Å². The van der Waals surface area contributed by atoms with Gasteiger partial charge in [-0.3, -0.25) is 9.78 Å². The van der Waals surface area contributed by atoms with Crippen LogP contribution < -0.4 is 10.1 Å². The number of carbonyl (C=O) groups is 1. The first kappa shape index (κ1) is 19.7. The summed E-state index contributed by atoms with van der Waals surface area (Å²) in [5.41, 5.74) is 1.55. The van der Waals surface area contributed by atoms with Crippen LogP contribution in [0.2, 0.25) is 0 Å². The molecule has 0 saturated heterocycles. The normalized spacial score (nSPS) is 11.1. The number of alkyl halides is 3. The van der Waals surface area contributed by atoms with E-state index in [1.165, 1.54) is 23.9 Å². The number of nitrogens with one attached hydrogen (secondary N) is 1. The smallest absolute Gasteiger partial charge is 0.406 e. The number of hydrogen-bond acceptors (Lipinski definition) is 5. The van der Waals surface area contributed by atoms with Crippen molar-refractivity contribution in [1.29, 1.82) is 0 Å². The molecule has 5 nitrogen and oxygen atoms in total. The molecule has 2 heterocycles. The second-order valence-corrected chi connectivity index (χ2v) is 6.46. The van der Waals surface area contributed by atoms with Crippen LogP contribution in [0, 0.1) is 0 Å². The second kappa shape index (κ2) is 8.75. The molecule has 144 valence electrons. The summed E-state index contributed by atoms with van der Waals surface area (Å²) in [4.78, 5) is 21.0. The Morgan fingerprint density at radius 2 is 1.75 bits per heavy atom. The van der Waals surface area contributed by atoms with Gasteiger partial charge in [-0.1, -0.05) is 17.8 Å². The maximum atomic E-state index is 12.6. The first-order valence-electron chi connectivity index (χ1n) is 8.05. The van der Waals surface area contributed by atoms with Gasteiger partial charge in [0.1, 0.15) is 10.8 Å². The lowest BCUT2D eigenvalue weighted by Gasteiger charge is -2.11. The number of halogens is 3. The fourth-order valence-corrected chi connectivity index (χ4v) is 3.15. The van der Waals surface area contributed by atoms with Gasteiger partial charge in [-0.25, -0.2) is 4.98 Å². The number of anilines is 1. The summed E-state index contributed by atoms with van der Waals surface area (Å²) in [5.74, 6) is -0.235. The zero-order valence-corrected chi connectivity index (χ0v) is 15.1. The van der Waals surface area contributed by atoms with E-state index >= 15 is 0 Å². The minimum atomic E-state index is -4.76. The van der Waals surface area contributed by atoms with E-state index in [-0.39, 0.29) is 5.75 Å². The number of benzene rings is 1. The van der Waals surface area contributed by atoms with Crippen LogP contribution in [0.15, 0.2) is 72.0 Å². The van der Waals surface area contributed by atoms with Crippen molar-refractivity contribution in [3.8, 4) is 5.75 Å². The molecule has 2 aromatic heterocycles. The van der Waals surface area contributed by atoms with E-state index < -0.39 is 12.3 Å². The fraction of sp³-hybridized carbons (Fsp3) is 0.105. The molecule has 1 aromatic carbocycles. The maximum absolute atomic E-state index is 12.6. The lowest BCUT2D eigenvalue weighted by molar-refractivity contribution is -0.274. The quantitative estimate of drug-likeness (QED) is 0.590. The van der Waals surface area contributed by atoms with Crippen molar-refractivity contribution in [3.63, 3.8) is 0 Å². The molecule has 0 aliphatic carbocycles. The molecule has 0 spiro atoms. The van der Waals surface area contributed by atoms with Gasteiger partial charge in [0.2, 0.25) is 0 Å². The van der Waals surface area contributed by atoms with Crippen molar-refractivity contribution in [1.82, 2.24) is 9.97 Å². The zero-order chi connectivity index (χ0) is 20.0. The Balaban J connectivity index is 1.67. The average molecular weight is 405 g/mol. The Morgan fingerprint density at radius 1 is 1.00 bits per heavy atom. The average Bonchev–Trinajstić information content (AvgIpc) is 2.68. The van der Waals surface area contributed by atoms with Crippen LogP contribution in [0.25, 0.3) is 0 Å². The van der Waals surface area contributed by atoms with Gasteiger partial charge in [0.05, 0.1) is 11.3 Å². The van der Waals surface area contributed by atoms with E-state index in [0.29, 0.717) is 22.0 Å². The summed E-state index contributed by atoms with van der Waals surface area (Å²) in [6, 6.07) is 13.8. The molecule has 0 unspecified atom stereocenters. The van der Waals surface area contributed by atoms with Gasteiger partial charge in [0.25, 0.3) is 5.91 Å². The molecule has 1 amide bonds. The number of pyridine rings is 2. The molecule has 0 saturated carbocycles. The molecule has 0 bridgehead atoms. The van der Waals surface area contributed by atoms with Crippen molar-refractivity contribution in [2.24, 2.45) is 0 Å². The number of ether oxygens (including phenoxy) is 1. The number of aromatic nitrogens is 2. The molecule has 3 rings (SSSR count). The monoisotopic (exact) mass is 405 g/mol. The number of nitrogens with zero attached hydrogens (tertiary/aromatic N) is 2. The number of amides is 1. The second-order valence-electron chi connectivity index (χ2n) is 5.49. The summed E-state index contributed by atoms with van der Waals surface area (Å²) >= 11 is 1.37. The first-order valence-corrected chi connectivity index (χ1v) is 9.04. The largest absolute Gasteiger partial charge is 0.573 e. The van der Waals surface area contributed by atoms with Gasteiger partial charge in [-0.05, 0) is 48.5 Å². The van der Waals surface area contributed by atoms with Crippen LogP contribution in [0.1, 0.15) is 16.1 Å². The number of rotatable bonds is 6. The van der Waals surface area contributed by atoms with Crippen molar-refractivity contribution in [2.75, 3.05) is 5.32 Å². The highest BCUT2D eigenvalue weighted by atomic mass is 32.2. The Bertz CT molecular complexity index is 935. The lowest BCUT2D eigenvalue weighted by Crippen LogP contribution is -2.17. The standard InChI is InChI=1S/C19H14F3N3O2S/c20-19(21,22)27-15-8-6-13(7-9-15)25-17(26)16-5-3-11-24-18(16)28-12-14-4-1-2-10-23-14/h1-11H,12H2,(H,25,26). The highest BCUT2D eigenvalue weighted by molar-refractivity contribution is 7.98. The molecule has 0 radical (unpaired) electrons. The van der Waals surface area contributed by atoms with Gasteiger partial charge in [-0.15, -0.1) is 13.2 Å². The van der Waals surface area contributed by atoms with Crippen molar-refractivity contribution < 1.29 is 22.7 Å². The summed E-state index contributed by atoms with van der Waals surface area (Å²) in [7, 11) is 0. The van der Waals surface area contributed by atoms with E-state index in [1.807, 2.05) is 18.2 Å². The summed E-state index contributed by atoms with van der Waals surface area (Å²) in [6.07, 6.45) is -1.49. The van der Waals surface area contributed by atoms with Crippen molar-refractivity contribution >= 4 is 23.4 Å². The van der Waals surface area contributed by atoms with Gasteiger partial charge in [0.15, 0.2) is 0 Å². The van der Waals surface area contributed by atoms with Crippen LogP contribution in [0.4, 0.5) is 18.9 Å². The molecule has 9 heteroatoms. The molecule has 3 aromatic rings. The molecule has 0 fully saturated rings. The van der Waals surface area contributed by atoms with Gasteiger partial charge >= 0.3 is 6.36 Å². The Morgan fingerprint density at radius 3 is 2.43 bits per heavy atom. The van der Waals surface area contributed by atoms with Gasteiger partial charge < -0.3 is 10.1 Å². The topological polar surface area (TPSA) is 64.1 Å². The molecular formula is C19H14F3N3O2S. The number of hydrogen-bond donors (Lipinski definition) is 1. The zero-order valence-electron chi connectivity index (χ0n) is 14.3. The van der Waals surface area contributed by atoms with Gasteiger partial charge in [0, 0.05) is 23.8 Å². The number of carbonyl (C=O) groups excluding carboxylic acids is 1. The van der Waals surface area contributed by atoms with Crippen LogP contribution in [-0.2, 0) is 5.75 Å². The number of thioether (sulfide) groups is 1. The summed E-state index contributed by atoms with van der Waals surface area (Å²) in [5, 5.41) is 3.17.